The number of carbonyl (C=O) groups is 1. The minimum absolute atomic E-state index is 0.126. The van der Waals surface area contributed by atoms with E-state index in [0.29, 0.717) is 6.42 Å². The molecule has 84 valence electrons. The van der Waals surface area contributed by atoms with Gasteiger partial charge in [-0.05, 0) is 32.4 Å². The third-order valence-electron chi connectivity index (χ3n) is 2.43. The van der Waals surface area contributed by atoms with Crippen LogP contribution in [0.3, 0.4) is 0 Å². The summed E-state index contributed by atoms with van der Waals surface area (Å²) in [4.78, 5) is 11.6. The largest absolute Gasteiger partial charge is 0.320 e. The molecule has 1 amide bonds. The van der Waals surface area contributed by atoms with Crippen LogP contribution in [0.4, 0.5) is 0 Å². The number of amides is 1. The van der Waals surface area contributed by atoms with Crippen LogP contribution in [0.25, 0.3) is 0 Å². The number of hydrogen-bond donors (Lipinski definition) is 2. The first-order valence-electron chi connectivity index (χ1n) is 5.27. The summed E-state index contributed by atoms with van der Waals surface area (Å²) >= 11 is 0. The van der Waals surface area contributed by atoms with Crippen molar-refractivity contribution in [3.8, 4) is 0 Å². The van der Waals surface area contributed by atoms with E-state index in [0.717, 1.165) is 17.8 Å². The van der Waals surface area contributed by atoms with Gasteiger partial charge in [0.1, 0.15) is 0 Å². The van der Waals surface area contributed by atoms with Gasteiger partial charge in [0.2, 0.25) is 0 Å². The van der Waals surface area contributed by atoms with Gasteiger partial charge in [0, 0.05) is 11.4 Å². The highest BCUT2D eigenvalue weighted by molar-refractivity contribution is 5.88. The van der Waals surface area contributed by atoms with Crippen molar-refractivity contribution < 1.29 is 4.79 Å². The molecular formula is C11H19N3O. The predicted octanol–water partition coefficient (Wildman–Crippen LogP) is 1.30. The highest BCUT2D eigenvalue weighted by Gasteiger charge is 2.13. The Balaban J connectivity index is 2.66. The van der Waals surface area contributed by atoms with Crippen molar-refractivity contribution in [2.24, 2.45) is 5.73 Å². The number of aryl methyl sites for hydroxylation is 2. The molecule has 4 nitrogen and oxygen atoms in total. The highest BCUT2D eigenvalue weighted by Crippen LogP contribution is 2.04. The van der Waals surface area contributed by atoms with Gasteiger partial charge in [0.25, 0.3) is 5.91 Å². The van der Waals surface area contributed by atoms with Crippen LogP contribution in [0, 0.1) is 13.8 Å². The maximum atomic E-state index is 11.6. The Morgan fingerprint density at radius 1 is 1.47 bits per heavy atom. The Morgan fingerprint density at radius 3 is 2.47 bits per heavy atom. The van der Waals surface area contributed by atoms with E-state index in [1.54, 1.807) is 4.68 Å². The van der Waals surface area contributed by atoms with E-state index in [9.17, 15) is 4.79 Å². The Bertz CT molecular complexity index is 324. The smallest absolute Gasteiger partial charge is 0.255 e. The van der Waals surface area contributed by atoms with Crippen molar-refractivity contribution in [1.29, 1.82) is 0 Å². The Hall–Kier alpha value is -1.29. The minimum Gasteiger partial charge on any atom is -0.320 e. The fourth-order valence-corrected chi connectivity index (χ4v) is 1.48. The molecule has 3 N–H and O–H groups in total. The summed E-state index contributed by atoms with van der Waals surface area (Å²) in [6.45, 7) is 5.90. The fourth-order valence-electron chi connectivity index (χ4n) is 1.48. The predicted molar refractivity (Wildman–Crippen MR) is 61.2 cm³/mol. The summed E-state index contributed by atoms with van der Waals surface area (Å²) in [5, 5.41) is 0. The maximum Gasteiger partial charge on any atom is 0.255 e. The Labute approximate surface area is 90.4 Å². The molecule has 0 spiro atoms. The van der Waals surface area contributed by atoms with Crippen LogP contribution in [0.5, 0.6) is 0 Å². The van der Waals surface area contributed by atoms with Crippen LogP contribution in [0.2, 0.25) is 0 Å². The number of nitrogens with one attached hydrogen (secondary N) is 1. The van der Waals surface area contributed by atoms with Gasteiger partial charge in [0.05, 0.1) is 6.04 Å². The van der Waals surface area contributed by atoms with Gasteiger partial charge in [-0.1, -0.05) is 13.3 Å². The third-order valence-corrected chi connectivity index (χ3v) is 2.43. The molecule has 0 radical (unpaired) electrons. The first-order valence-corrected chi connectivity index (χ1v) is 5.27. The summed E-state index contributed by atoms with van der Waals surface area (Å²) in [6.07, 6.45) is 1.63. The van der Waals surface area contributed by atoms with Crippen LogP contribution in [-0.2, 0) is 4.79 Å². The summed E-state index contributed by atoms with van der Waals surface area (Å²) in [7, 11) is 0. The zero-order valence-corrected chi connectivity index (χ0v) is 9.58. The summed E-state index contributed by atoms with van der Waals surface area (Å²) in [6, 6.07) is 3.50. The van der Waals surface area contributed by atoms with Crippen molar-refractivity contribution in [1.82, 2.24) is 4.68 Å². The van der Waals surface area contributed by atoms with Crippen LogP contribution < -0.4 is 11.2 Å². The molecule has 1 heterocycles. The maximum absolute atomic E-state index is 11.6. The second kappa shape index (κ2) is 4.98. The van der Waals surface area contributed by atoms with Crippen molar-refractivity contribution >= 4 is 5.91 Å². The van der Waals surface area contributed by atoms with Gasteiger partial charge >= 0.3 is 0 Å². The van der Waals surface area contributed by atoms with Crippen molar-refractivity contribution in [2.45, 2.75) is 39.7 Å². The van der Waals surface area contributed by atoms with Gasteiger partial charge < -0.3 is 5.73 Å². The summed E-state index contributed by atoms with van der Waals surface area (Å²) in [5.74, 6) is -0.126. The molecule has 1 aromatic rings. The molecule has 1 rings (SSSR count). The standard InChI is InChI=1S/C11H19N3O/c1-4-5-10(12)11(15)13-14-8(2)6-7-9(14)3/h6-7,10H,4-5,12H2,1-3H3,(H,13,15)/t10-/m1/s1. The average Bonchev–Trinajstić information content (AvgIpc) is 2.49. The van der Waals surface area contributed by atoms with Crippen molar-refractivity contribution in [2.75, 3.05) is 5.43 Å². The molecule has 0 aliphatic carbocycles. The number of nitrogens with two attached hydrogens (primary N) is 1. The molecule has 0 saturated carbocycles. The van der Waals surface area contributed by atoms with Gasteiger partial charge in [-0.15, -0.1) is 0 Å². The topological polar surface area (TPSA) is 60.1 Å². The van der Waals surface area contributed by atoms with Crippen LogP contribution >= 0.6 is 0 Å². The molecule has 0 bridgehead atoms. The lowest BCUT2D eigenvalue weighted by molar-refractivity contribution is -0.118. The van der Waals surface area contributed by atoms with E-state index in [1.165, 1.54) is 0 Å². The molecule has 0 aromatic carbocycles. The van der Waals surface area contributed by atoms with Crippen molar-refractivity contribution in [3.63, 3.8) is 0 Å². The molecule has 0 saturated heterocycles. The molecule has 0 fully saturated rings. The van der Waals surface area contributed by atoms with Crippen LogP contribution in [-0.4, -0.2) is 16.6 Å². The lowest BCUT2D eigenvalue weighted by Crippen LogP contribution is -2.39. The van der Waals surface area contributed by atoms with E-state index in [2.05, 4.69) is 5.43 Å². The van der Waals surface area contributed by atoms with Crippen molar-refractivity contribution in [3.05, 3.63) is 23.5 Å². The second-order valence-corrected chi connectivity index (χ2v) is 3.82. The molecule has 1 atom stereocenters. The van der Waals surface area contributed by atoms with Gasteiger partial charge in [-0.25, -0.2) is 0 Å². The summed E-state index contributed by atoms with van der Waals surface area (Å²) < 4.78 is 1.76. The first-order chi connectivity index (χ1) is 7.06. The zero-order valence-electron chi connectivity index (χ0n) is 9.58. The van der Waals surface area contributed by atoms with E-state index in [1.807, 2.05) is 32.9 Å². The van der Waals surface area contributed by atoms with E-state index in [-0.39, 0.29) is 5.91 Å². The number of aromatic nitrogens is 1. The number of nitrogens with zero attached hydrogens (tertiary/aromatic N) is 1. The molecular weight excluding hydrogens is 190 g/mol. The summed E-state index contributed by atoms with van der Waals surface area (Å²) in [5.41, 5.74) is 10.5. The van der Waals surface area contributed by atoms with E-state index >= 15 is 0 Å². The average molecular weight is 209 g/mol. The number of rotatable bonds is 4. The first kappa shape index (κ1) is 11.8. The normalized spacial score (nSPS) is 12.5. The van der Waals surface area contributed by atoms with E-state index < -0.39 is 6.04 Å². The van der Waals surface area contributed by atoms with Crippen LogP contribution in [0.1, 0.15) is 31.2 Å². The molecule has 4 heteroatoms. The Morgan fingerprint density at radius 2 is 2.00 bits per heavy atom. The van der Waals surface area contributed by atoms with E-state index in [4.69, 9.17) is 5.73 Å². The minimum atomic E-state index is -0.420. The number of hydrogen-bond acceptors (Lipinski definition) is 2. The van der Waals surface area contributed by atoms with Gasteiger partial charge in [-0.2, -0.15) is 0 Å². The molecule has 0 aliphatic heterocycles. The zero-order chi connectivity index (χ0) is 11.4. The second-order valence-electron chi connectivity index (χ2n) is 3.82. The molecule has 0 unspecified atom stereocenters. The molecule has 0 aliphatic rings. The molecule has 1 aromatic heterocycles. The van der Waals surface area contributed by atoms with Gasteiger partial charge in [-0.3, -0.25) is 14.9 Å². The monoisotopic (exact) mass is 209 g/mol. The molecule has 15 heavy (non-hydrogen) atoms. The lowest BCUT2D eigenvalue weighted by atomic mass is 10.2. The Kier molecular flexibility index (Phi) is 3.91. The quantitative estimate of drug-likeness (QED) is 0.785. The van der Waals surface area contributed by atoms with Gasteiger partial charge in [0.15, 0.2) is 0 Å². The highest BCUT2D eigenvalue weighted by atomic mass is 16.2. The third kappa shape index (κ3) is 2.83. The van der Waals surface area contributed by atoms with Crippen LogP contribution in [0.15, 0.2) is 12.1 Å². The SMILES string of the molecule is CCC[C@@H](N)C(=O)Nn1c(C)ccc1C. The lowest BCUT2D eigenvalue weighted by Gasteiger charge is -2.14. The fraction of sp³-hybridized carbons (Fsp3) is 0.545. The number of carbonyl (C=O) groups excluding carboxylic acids is 1.